The number of nitrogens with zero attached hydrogens (tertiary/aromatic N) is 2. The predicted molar refractivity (Wildman–Crippen MR) is 78.4 cm³/mol. The highest BCUT2D eigenvalue weighted by atomic mass is 32.1. The molecule has 0 bridgehead atoms. The molecule has 0 saturated carbocycles. The van der Waals surface area contributed by atoms with Gasteiger partial charge >= 0.3 is 0 Å². The van der Waals surface area contributed by atoms with Crippen LogP contribution < -0.4 is 4.80 Å². The highest BCUT2D eigenvalue weighted by Crippen LogP contribution is 2.16. The van der Waals surface area contributed by atoms with Gasteiger partial charge in [0.2, 0.25) is 0 Å². The van der Waals surface area contributed by atoms with E-state index in [9.17, 15) is 9.18 Å². The molecule has 106 valence electrons. The van der Waals surface area contributed by atoms with E-state index in [1.807, 2.05) is 38.5 Å². The first kappa shape index (κ1) is 14.7. The minimum absolute atomic E-state index is 0.171. The second-order valence-corrected chi connectivity index (χ2v) is 6.85. The van der Waals surface area contributed by atoms with Gasteiger partial charge in [0.1, 0.15) is 5.82 Å². The van der Waals surface area contributed by atoms with Crippen molar-refractivity contribution in [2.45, 2.75) is 27.7 Å². The molecule has 0 spiro atoms. The van der Waals surface area contributed by atoms with E-state index in [1.54, 1.807) is 12.1 Å². The van der Waals surface area contributed by atoms with Crippen LogP contribution in [-0.2, 0) is 4.79 Å². The summed E-state index contributed by atoms with van der Waals surface area (Å²) in [6, 6.07) is 6.12. The standard InChI is InChI=1S/C15H17FN2OS/c1-10-9-18(12-7-5-11(16)6-8-12)14(20-10)17-13(19)15(2,3)4/h5-9H,1-4H3. The average molecular weight is 292 g/mol. The number of thiazole rings is 1. The number of aryl methyl sites for hydroxylation is 1. The molecule has 0 unspecified atom stereocenters. The van der Waals surface area contributed by atoms with Crippen molar-refractivity contribution in [1.82, 2.24) is 4.57 Å². The van der Waals surface area contributed by atoms with Gasteiger partial charge in [0.05, 0.1) is 0 Å². The largest absolute Gasteiger partial charge is 0.292 e. The second kappa shape index (κ2) is 5.32. The van der Waals surface area contributed by atoms with Crippen LogP contribution in [0.5, 0.6) is 0 Å². The van der Waals surface area contributed by atoms with E-state index in [0.717, 1.165) is 10.6 Å². The summed E-state index contributed by atoms with van der Waals surface area (Å²) in [6.07, 6.45) is 1.90. The summed E-state index contributed by atoms with van der Waals surface area (Å²) in [4.78, 5) is 17.9. The molecule has 5 heteroatoms. The monoisotopic (exact) mass is 292 g/mol. The van der Waals surface area contributed by atoms with Gasteiger partial charge in [-0.2, -0.15) is 4.99 Å². The summed E-state index contributed by atoms with van der Waals surface area (Å²) in [5, 5.41) is 0. The highest BCUT2D eigenvalue weighted by molar-refractivity contribution is 7.09. The maximum absolute atomic E-state index is 13.0. The summed E-state index contributed by atoms with van der Waals surface area (Å²) in [7, 11) is 0. The Morgan fingerprint density at radius 1 is 1.25 bits per heavy atom. The Kier molecular flexibility index (Phi) is 3.90. The van der Waals surface area contributed by atoms with Crippen LogP contribution in [-0.4, -0.2) is 10.5 Å². The summed E-state index contributed by atoms with van der Waals surface area (Å²) < 4.78 is 14.8. The third-order valence-corrected chi connectivity index (χ3v) is 3.61. The predicted octanol–water partition coefficient (Wildman–Crippen LogP) is 3.46. The molecule has 0 N–H and O–H groups in total. The lowest BCUT2D eigenvalue weighted by Crippen LogP contribution is -2.22. The average Bonchev–Trinajstić information content (AvgIpc) is 2.70. The molecule has 1 aromatic carbocycles. The van der Waals surface area contributed by atoms with Gasteiger partial charge in [-0.25, -0.2) is 4.39 Å². The fourth-order valence-corrected chi connectivity index (χ4v) is 2.41. The van der Waals surface area contributed by atoms with Crippen molar-refractivity contribution < 1.29 is 9.18 Å². The van der Waals surface area contributed by atoms with Crippen molar-refractivity contribution in [3.63, 3.8) is 0 Å². The molecule has 2 aromatic rings. The summed E-state index contributed by atoms with van der Waals surface area (Å²) >= 11 is 1.44. The molecule has 2 rings (SSSR count). The van der Waals surface area contributed by atoms with Crippen molar-refractivity contribution >= 4 is 17.2 Å². The fourth-order valence-electron chi connectivity index (χ4n) is 1.57. The molecule has 1 amide bonds. The summed E-state index contributed by atoms with van der Waals surface area (Å²) in [6.45, 7) is 7.45. The molecule has 0 radical (unpaired) electrons. The maximum atomic E-state index is 13.0. The summed E-state index contributed by atoms with van der Waals surface area (Å²) in [5.74, 6) is -0.458. The van der Waals surface area contributed by atoms with Crippen molar-refractivity contribution in [2.24, 2.45) is 10.4 Å². The Labute approximate surface area is 121 Å². The molecule has 1 aromatic heterocycles. The van der Waals surface area contributed by atoms with Crippen LogP contribution in [0.2, 0.25) is 0 Å². The third-order valence-electron chi connectivity index (χ3n) is 2.71. The molecule has 0 aliphatic heterocycles. The van der Waals surface area contributed by atoms with E-state index in [0.29, 0.717) is 4.80 Å². The number of hydrogen-bond donors (Lipinski definition) is 0. The van der Waals surface area contributed by atoms with Crippen LogP contribution in [0, 0.1) is 18.2 Å². The topological polar surface area (TPSA) is 34.4 Å². The molecular weight excluding hydrogens is 275 g/mol. The number of carbonyl (C=O) groups excluding carboxylic acids is 1. The lowest BCUT2D eigenvalue weighted by Gasteiger charge is -2.11. The highest BCUT2D eigenvalue weighted by Gasteiger charge is 2.20. The first-order chi connectivity index (χ1) is 9.27. The first-order valence-corrected chi connectivity index (χ1v) is 7.13. The Morgan fingerprint density at radius 2 is 1.85 bits per heavy atom. The van der Waals surface area contributed by atoms with Crippen LogP contribution in [0.15, 0.2) is 35.5 Å². The SMILES string of the molecule is Cc1cn(-c2ccc(F)cc2)c(=NC(=O)C(C)(C)C)s1. The molecule has 0 atom stereocenters. The molecule has 20 heavy (non-hydrogen) atoms. The van der Waals surface area contributed by atoms with Crippen LogP contribution in [0.3, 0.4) is 0 Å². The lowest BCUT2D eigenvalue weighted by atomic mass is 9.96. The number of carbonyl (C=O) groups is 1. The van der Waals surface area contributed by atoms with Crippen LogP contribution in [0.25, 0.3) is 5.69 Å². The van der Waals surface area contributed by atoms with Gasteiger partial charge in [-0.05, 0) is 31.2 Å². The van der Waals surface area contributed by atoms with Crippen LogP contribution in [0.4, 0.5) is 4.39 Å². The maximum Gasteiger partial charge on any atom is 0.253 e. The lowest BCUT2D eigenvalue weighted by molar-refractivity contribution is -0.125. The molecule has 0 fully saturated rings. The van der Waals surface area contributed by atoms with Gasteiger partial charge in [0.25, 0.3) is 5.91 Å². The van der Waals surface area contributed by atoms with E-state index in [1.165, 1.54) is 23.5 Å². The van der Waals surface area contributed by atoms with Gasteiger partial charge in [-0.1, -0.05) is 20.8 Å². The Bertz CT molecular complexity index is 690. The quantitative estimate of drug-likeness (QED) is 0.792. The molecule has 0 aliphatic rings. The van der Waals surface area contributed by atoms with E-state index in [2.05, 4.69) is 4.99 Å². The zero-order valence-electron chi connectivity index (χ0n) is 12.0. The molecular formula is C15H17FN2OS. The van der Waals surface area contributed by atoms with Gasteiger partial charge in [0, 0.05) is 22.2 Å². The third kappa shape index (κ3) is 3.22. The first-order valence-electron chi connectivity index (χ1n) is 6.31. The van der Waals surface area contributed by atoms with Gasteiger partial charge in [-0.3, -0.25) is 9.36 Å². The number of halogens is 1. The zero-order chi connectivity index (χ0) is 14.9. The Morgan fingerprint density at radius 3 is 2.40 bits per heavy atom. The smallest absolute Gasteiger partial charge is 0.253 e. The molecule has 0 saturated heterocycles. The molecule has 3 nitrogen and oxygen atoms in total. The minimum Gasteiger partial charge on any atom is -0.292 e. The number of aromatic nitrogens is 1. The van der Waals surface area contributed by atoms with Gasteiger partial charge in [0.15, 0.2) is 4.80 Å². The summed E-state index contributed by atoms with van der Waals surface area (Å²) in [5.41, 5.74) is 0.273. The molecule has 1 heterocycles. The van der Waals surface area contributed by atoms with Crippen molar-refractivity contribution in [3.8, 4) is 5.69 Å². The van der Waals surface area contributed by atoms with E-state index in [4.69, 9.17) is 0 Å². The van der Waals surface area contributed by atoms with E-state index >= 15 is 0 Å². The number of benzene rings is 1. The number of hydrogen-bond acceptors (Lipinski definition) is 2. The van der Waals surface area contributed by atoms with Crippen molar-refractivity contribution in [2.75, 3.05) is 0 Å². The van der Waals surface area contributed by atoms with Gasteiger partial charge in [-0.15, -0.1) is 11.3 Å². The normalized spacial score (nSPS) is 12.8. The second-order valence-electron chi connectivity index (χ2n) is 5.64. The Balaban J connectivity index is 2.54. The van der Waals surface area contributed by atoms with Crippen molar-refractivity contribution in [3.05, 3.63) is 46.0 Å². The number of amides is 1. The minimum atomic E-state index is -0.515. The fraction of sp³-hybridized carbons (Fsp3) is 0.333. The van der Waals surface area contributed by atoms with Gasteiger partial charge < -0.3 is 0 Å². The van der Waals surface area contributed by atoms with Crippen LogP contribution in [0.1, 0.15) is 25.6 Å². The number of rotatable bonds is 1. The Hall–Kier alpha value is -1.75. The van der Waals surface area contributed by atoms with Crippen molar-refractivity contribution in [1.29, 1.82) is 0 Å². The van der Waals surface area contributed by atoms with E-state index < -0.39 is 5.41 Å². The van der Waals surface area contributed by atoms with E-state index in [-0.39, 0.29) is 11.7 Å². The van der Waals surface area contributed by atoms with Crippen LogP contribution >= 0.6 is 11.3 Å². The molecule has 0 aliphatic carbocycles. The zero-order valence-corrected chi connectivity index (χ0v) is 12.8.